The van der Waals surface area contributed by atoms with Gasteiger partial charge in [-0.05, 0) is 37.6 Å². The summed E-state index contributed by atoms with van der Waals surface area (Å²) in [6, 6.07) is 6.43. The number of ether oxygens (including phenoxy) is 2. The molecule has 1 aromatic carbocycles. The lowest BCUT2D eigenvalue weighted by Crippen LogP contribution is -2.17. The lowest BCUT2D eigenvalue weighted by molar-refractivity contribution is -0.138. The summed E-state index contributed by atoms with van der Waals surface area (Å²) in [5.74, 6) is -0.761. The van der Waals surface area contributed by atoms with Gasteiger partial charge in [0.05, 0.1) is 13.2 Å². The molecule has 17 heavy (non-hydrogen) atoms. The molecule has 0 aromatic heterocycles. The first kappa shape index (κ1) is 13.2. The van der Waals surface area contributed by atoms with Crippen LogP contribution in [0.4, 0.5) is 0 Å². The number of Topliss-reactive ketones (excluding diaryl/α,β-unsaturated/α-hetero) is 1. The molecule has 0 aliphatic heterocycles. The van der Waals surface area contributed by atoms with Gasteiger partial charge >= 0.3 is 5.97 Å². The zero-order valence-electron chi connectivity index (χ0n) is 10.1. The number of esters is 1. The fourth-order valence-corrected chi connectivity index (χ4v) is 1.25. The molecular weight excluding hydrogens is 220 g/mol. The topological polar surface area (TPSA) is 52.6 Å². The van der Waals surface area contributed by atoms with Gasteiger partial charge in [0, 0.05) is 5.56 Å². The molecule has 0 bridgehead atoms. The highest BCUT2D eigenvalue weighted by molar-refractivity contribution is 6.40. The van der Waals surface area contributed by atoms with E-state index >= 15 is 0 Å². The minimum absolute atomic E-state index is 0.265. The Kier molecular flexibility index (Phi) is 5.20. The Bertz CT molecular complexity index is 381. The third-order valence-corrected chi connectivity index (χ3v) is 2.05. The van der Waals surface area contributed by atoms with E-state index in [2.05, 4.69) is 0 Å². The Morgan fingerprint density at radius 2 is 1.76 bits per heavy atom. The van der Waals surface area contributed by atoms with Crippen molar-refractivity contribution in [2.45, 2.75) is 20.3 Å². The first-order valence-corrected chi connectivity index (χ1v) is 5.63. The maximum atomic E-state index is 11.6. The van der Waals surface area contributed by atoms with E-state index in [9.17, 15) is 9.59 Å². The van der Waals surface area contributed by atoms with Gasteiger partial charge in [-0.2, -0.15) is 0 Å². The van der Waals surface area contributed by atoms with Crippen molar-refractivity contribution in [3.8, 4) is 5.75 Å². The van der Waals surface area contributed by atoms with Crippen molar-refractivity contribution in [2.75, 3.05) is 13.2 Å². The number of benzene rings is 1. The fraction of sp³-hybridized carbons (Fsp3) is 0.385. The fourth-order valence-electron chi connectivity index (χ4n) is 1.25. The average Bonchev–Trinajstić information content (AvgIpc) is 2.36. The smallest absolute Gasteiger partial charge is 0.379 e. The van der Waals surface area contributed by atoms with Gasteiger partial charge in [0.2, 0.25) is 0 Å². The van der Waals surface area contributed by atoms with E-state index in [0.717, 1.165) is 0 Å². The van der Waals surface area contributed by atoms with Crippen molar-refractivity contribution >= 4 is 11.8 Å². The molecule has 1 rings (SSSR count). The maximum absolute atomic E-state index is 11.6. The third kappa shape index (κ3) is 3.90. The minimum atomic E-state index is -0.809. The molecule has 92 valence electrons. The molecule has 0 aliphatic carbocycles. The molecule has 0 fully saturated rings. The largest absolute Gasteiger partial charge is 0.494 e. The van der Waals surface area contributed by atoms with Crippen LogP contribution in [-0.4, -0.2) is 25.0 Å². The lowest BCUT2D eigenvalue weighted by Gasteiger charge is -2.04. The van der Waals surface area contributed by atoms with E-state index in [0.29, 0.717) is 24.3 Å². The van der Waals surface area contributed by atoms with Gasteiger partial charge in [-0.3, -0.25) is 4.79 Å². The first-order valence-electron chi connectivity index (χ1n) is 5.63. The van der Waals surface area contributed by atoms with Crippen molar-refractivity contribution in [3.63, 3.8) is 0 Å². The molecule has 0 aliphatic rings. The predicted molar refractivity (Wildman–Crippen MR) is 63.2 cm³/mol. The molecule has 0 spiro atoms. The van der Waals surface area contributed by atoms with Crippen LogP contribution in [0.3, 0.4) is 0 Å². The van der Waals surface area contributed by atoms with Crippen molar-refractivity contribution in [1.82, 2.24) is 0 Å². The molecule has 4 heteroatoms. The molecule has 0 radical (unpaired) electrons. The normalized spacial score (nSPS) is 9.76. The molecule has 0 saturated carbocycles. The van der Waals surface area contributed by atoms with Gasteiger partial charge in [-0.15, -0.1) is 0 Å². The zero-order valence-corrected chi connectivity index (χ0v) is 10.1. The molecule has 4 nitrogen and oxygen atoms in total. The van der Waals surface area contributed by atoms with Gasteiger partial charge < -0.3 is 9.47 Å². The highest BCUT2D eigenvalue weighted by atomic mass is 16.5. The van der Waals surface area contributed by atoms with Crippen molar-refractivity contribution in [3.05, 3.63) is 29.8 Å². The standard InChI is InChI=1S/C13H16O4/c1-3-9-17-13(15)12(14)10-5-7-11(8-6-10)16-4-2/h5-8H,3-4,9H2,1-2H3. The summed E-state index contributed by atoms with van der Waals surface area (Å²) in [7, 11) is 0. The molecule has 1 aromatic rings. The number of rotatable bonds is 6. The van der Waals surface area contributed by atoms with Gasteiger partial charge in [-0.25, -0.2) is 4.79 Å². The number of carbonyl (C=O) groups is 2. The van der Waals surface area contributed by atoms with Crippen LogP contribution in [0.1, 0.15) is 30.6 Å². The number of hydrogen-bond donors (Lipinski definition) is 0. The van der Waals surface area contributed by atoms with Gasteiger partial charge in [0.15, 0.2) is 0 Å². The quantitative estimate of drug-likeness (QED) is 0.431. The molecular formula is C13H16O4. The van der Waals surface area contributed by atoms with Crippen molar-refractivity contribution < 1.29 is 19.1 Å². The third-order valence-electron chi connectivity index (χ3n) is 2.05. The van der Waals surface area contributed by atoms with Crippen LogP contribution < -0.4 is 4.74 Å². The van der Waals surface area contributed by atoms with Crippen LogP contribution in [0.5, 0.6) is 5.75 Å². The summed E-state index contributed by atoms with van der Waals surface area (Å²) in [6.45, 7) is 4.57. The van der Waals surface area contributed by atoms with Crippen molar-refractivity contribution in [2.24, 2.45) is 0 Å². The Morgan fingerprint density at radius 1 is 1.12 bits per heavy atom. The summed E-state index contributed by atoms with van der Waals surface area (Å²) in [5.41, 5.74) is 0.314. The molecule has 0 amide bonds. The van der Waals surface area contributed by atoms with Crippen molar-refractivity contribution in [1.29, 1.82) is 0 Å². The second-order valence-corrected chi connectivity index (χ2v) is 3.42. The van der Waals surface area contributed by atoms with Gasteiger partial charge in [-0.1, -0.05) is 6.92 Å². The summed E-state index contributed by atoms with van der Waals surface area (Å²) in [4.78, 5) is 22.9. The highest BCUT2D eigenvalue weighted by Gasteiger charge is 2.17. The summed E-state index contributed by atoms with van der Waals surface area (Å²) >= 11 is 0. The Balaban J connectivity index is 2.66. The van der Waals surface area contributed by atoms with Gasteiger partial charge in [0.25, 0.3) is 5.78 Å². The van der Waals surface area contributed by atoms with Crippen LogP contribution >= 0.6 is 0 Å². The van der Waals surface area contributed by atoms with Gasteiger partial charge in [0.1, 0.15) is 5.75 Å². The van der Waals surface area contributed by atoms with E-state index in [1.54, 1.807) is 24.3 Å². The first-order chi connectivity index (χ1) is 8.19. The lowest BCUT2D eigenvalue weighted by atomic mass is 10.1. The number of carbonyl (C=O) groups excluding carboxylic acids is 2. The van der Waals surface area contributed by atoms with Crippen LogP contribution in [0, 0.1) is 0 Å². The highest BCUT2D eigenvalue weighted by Crippen LogP contribution is 2.12. The molecule has 0 N–H and O–H groups in total. The predicted octanol–water partition coefficient (Wildman–Crippen LogP) is 2.22. The Hall–Kier alpha value is -1.84. The monoisotopic (exact) mass is 236 g/mol. The summed E-state index contributed by atoms with van der Waals surface area (Å²) in [6.07, 6.45) is 0.697. The van der Waals surface area contributed by atoms with E-state index < -0.39 is 11.8 Å². The molecule has 0 atom stereocenters. The van der Waals surface area contributed by atoms with E-state index in [-0.39, 0.29) is 6.61 Å². The number of hydrogen-bond acceptors (Lipinski definition) is 4. The Morgan fingerprint density at radius 3 is 2.29 bits per heavy atom. The van der Waals surface area contributed by atoms with E-state index in [1.807, 2.05) is 13.8 Å². The molecule has 0 heterocycles. The van der Waals surface area contributed by atoms with E-state index in [1.165, 1.54) is 0 Å². The van der Waals surface area contributed by atoms with E-state index in [4.69, 9.17) is 9.47 Å². The maximum Gasteiger partial charge on any atom is 0.379 e. The number of ketones is 1. The zero-order chi connectivity index (χ0) is 12.7. The molecule has 0 saturated heterocycles. The summed E-state index contributed by atoms with van der Waals surface area (Å²) in [5, 5.41) is 0. The summed E-state index contributed by atoms with van der Waals surface area (Å²) < 4.78 is 10.0. The Labute approximate surface area is 101 Å². The van der Waals surface area contributed by atoms with Crippen LogP contribution in [0.25, 0.3) is 0 Å². The van der Waals surface area contributed by atoms with Crippen LogP contribution in [0.2, 0.25) is 0 Å². The SMILES string of the molecule is CCCOC(=O)C(=O)c1ccc(OCC)cc1. The average molecular weight is 236 g/mol. The molecule has 0 unspecified atom stereocenters. The minimum Gasteiger partial charge on any atom is -0.494 e. The van der Waals surface area contributed by atoms with Crippen LogP contribution in [0.15, 0.2) is 24.3 Å². The second kappa shape index (κ2) is 6.68. The van der Waals surface area contributed by atoms with Crippen LogP contribution in [-0.2, 0) is 9.53 Å². The second-order valence-electron chi connectivity index (χ2n) is 3.42.